The second-order valence-corrected chi connectivity index (χ2v) is 4.55. The molecule has 0 spiro atoms. The number of alkyl halides is 2. The summed E-state index contributed by atoms with van der Waals surface area (Å²) < 4.78 is 25.1. The van der Waals surface area contributed by atoms with Crippen molar-refractivity contribution in [2.75, 3.05) is 18.8 Å². The molecule has 1 aromatic rings. The maximum Gasteiger partial charge on any atom is 0.321 e. The Labute approximate surface area is 119 Å². The average molecular weight is 306 g/mol. The molecule has 0 aliphatic rings. The van der Waals surface area contributed by atoms with Crippen LogP contribution in [0.1, 0.15) is 17.3 Å². The van der Waals surface area contributed by atoms with Gasteiger partial charge in [-0.15, -0.1) is 0 Å². The molecule has 0 saturated carbocycles. The third kappa shape index (κ3) is 4.65. The molecule has 0 radical (unpaired) electrons. The van der Waals surface area contributed by atoms with E-state index in [9.17, 15) is 18.4 Å². The van der Waals surface area contributed by atoms with Gasteiger partial charge in [-0.05, 0) is 18.2 Å². The highest BCUT2D eigenvalue weighted by molar-refractivity contribution is 6.34. The zero-order chi connectivity index (χ0) is 15.3. The lowest BCUT2D eigenvalue weighted by atomic mass is 10.2. The molecule has 4 N–H and O–H groups in total. The molecule has 0 atom stereocenters. The van der Waals surface area contributed by atoms with Crippen LogP contribution in [0.15, 0.2) is 18.2 Å². The predicted molar refractivity (Wildman–Crippen MR) is 71.8 cm³/mol. The van der Waals surface area contributed by atoms with E-state index < -0.39 is 17.7 Å². The summed E-state index contributed by atoms with van der Waals surface area (Å²) in [6.45, 7) is 0.368. The van der Waals surface area contributed by atoms with E-state index in [1.54, 1.807) is 6.07 Å². The monoisotopic (exact) mass is 305 g/mol. The van der Waals surface area contributed by atoms with E-state index in [1.165, 1.54) is 12.1 Å². The van der Waals surface area contributed by atoms with Gasteiger partial charge in [0.25, 0.3) is 11.8 Å². The smallest absolute Gasteiger partial charge is 0.321 e. The zero-order valence-corrected chi connectivity index (χ0v) is 11.4. The number of amides is 2. The molecule has 0 heterocycles. The largest absolute Gasteiger partial charge is 0.399 e. The molecule has 0 saturated heterocycles. The standard InChI is InChI=1S/C12H14ClF2N3O2/c1-12(14,15)11(20)18-5-4-17-10(19)8-6-7(16)2-3-9(8)13/h2-3,6H,4-5,16H2,1H3,(H,17,19)(H,18,20). The van der Waals surface area contributed by atoms with Crippen molar-refractivity contribution in [2.24, 2.45) is 0 Å². The van der Waals surface area contributed by atoms with Crippen LogP contribution >= 0.6 is 11.6 Å². The Kier molecular flexibility index (Phi) is 5.26. The first-order valence-corrected chi connectivity index (χ1v) is 6.09. The number of nitrogens with two attached hydrogens (primary N) is 1. The fourth-order valence-corrected chi connectivity index (χ4v) is 1.52. The van der Waals surface area contributed by atoms with Gasteiger partial charge >= 0.3 is 5.92 Å². The van der Waals surface area contributed by atoms with E-state index in [4.69, 9.17) is 17.3 Å². The Balaban J connectivity index is 2.45. The van der Waals surface area contributed by atoms with Crippen LogP contribution in [0.2, 0.25) is 5.02 Å². The van der Waals surface area contributed by atoms with Crippen LogP contribution in [0.25, 0.3) is 0 Å². The number of carbonyl (C=O) groups is 2. The van der Waals surface area contributed by atoms with E-state index in [2.05, 4.69) is 5.32 Å². The third-order valence-corrected chi connectivity index (χ3v) is 2.66. The maximum atomic E-state index is 12.5. The Morgan fingerprint density at radius 3 is 2.50 bits per heavy atom. The van der Waals surface area contributed by atoms with Gasteiger partial charge in [0.2, 0.25) is 0 Å². The van der Waals surface area contributed by atoms with Gasteiger partial charge in [-0.3, -0.25) is 9.59 Å². The first-order chi connectivity index (χ1) is 9.21. The van der Waals surface area contributed by atoms with E-state index in [0.29, 0.717) is 12.6 Å². The first-order valence-electron chi connectivity index (χ1n) is 5.71. The van der Waals surface area contributed by atoms with Gasteiger partial charge in [0, 0.05) is 25.7 Å². The van der Waals surface area contributed by atoms with Gasteiger partial charge in [-0.2, -0.15) is 8.78 Å². The number of hydrogen-bond donors (Lipinski definition) is 3. The van der Waals surface area contributed by atoms with Gasteiger partial charge in [-0.25, -0.2) is 0 Å². The molecule has 0 fully saturated rings. The highest BCUT2D eigenvalue weighted by atomic mass is 35.5. The van der Waals surface area contributed by atoms with Crippen molar-refractivity contribution >= 4 is 29.1 Å². The minimum absolute atomic E-state index is 0.00815. The van der Waals surface area contributed by atoms with Crippen molar-refractivity contribution in [2.45, 2.75) is 12.8 Å². The van der Waals surface area contributed by atoms with Gasteiger partial charge in [0.1, 0.15) is 0 Å². The predicted octanol–water partition coefficient (Wildman–Crippen LogP) is 1.42. The molecular weight excluding hydrogens is 292 g/mol. The summed E-state index contributed by atoms with van der Waals surface area (Å²) in [5, 5.41) is 4.65. The lowest BCUT2D eigenvalue weighted by Crippen LogP contribution is -2.41. The molecule has 0 aliphatic heterocycles. The SMILES string of the molecule is CC(F)(F)C(=O)NCCNC(=O)c1cc(N)ccc1Cl. The van der Waals surface area contributed by atoms with Crippen LogP contribution in [0.5, 0.6) is 0 Å². The fourth-order valence-electron chi connectivity index (χ4n) is 1.32. The Hall–Kier alpha value is -1.89. The summed E-state index contributed by atoms with van der Waals surface area (Å²) in [7, 11) is 0. The summed E-state index contributed by atoms with van der Waals surface area (Å²) in [6, 6.07) is 4.42. The fraction of sp³-hybridized carbons (Fsp3) is 0.333. The quantitative estimate of drug-likeness (QED) is 0.568. The van der Waals surface area contributed by atoms with E-state index in [1.807, 2.05) is 5.32 Å². The summed E-state index contributed by atoms with van der Waals surface area (Å²) in [5.74, 6) is -5.34. The number of anilines is 1. The minimum atomic E-state index is -3.44. The molecule has 5 nitrogen and oxygen atoms in total. The molecular formula is C12H14ClF2N3O2. The molecule has 0 aliphatic carbocycles. The van der Waals surface area contributed by atoms with Gasteiger partial charge < -0.3 is 16.4 Å². The second kappa shape index (κ2) is 6.51. The summed E-state index contributed by atoms with van der Waals surface area (Å²) in [6.07, 6.45) is 0. The molecule has 1 rings (SSSR count). The van der Waals surface area contributed by atoms with Gasteiger partial charge in [-0.1, -0.05) is 11.6 Å². The van der Waals surface area contributed by atoms with Gasteiger partial charge in [0.15, 0.2) is 0 Å². The number of carbonyl (C=O) groups excluding carboxylic acids is 2. The van der Waals surface area contributed by atoms with Crippen molar-refractivity contribution in [3.05, 3.63) is 28.8 Å². The van der Waals surface area contributed by atoms with Crippen LogP contribution in [0.3, 0.4) is 0 Å². The number of benzene rings is 1. The van der Waals surface area contributed by atoms with E-state index in [0.717, 1.165) is 0 Å². The third-order valence-electron chi connectivity index (χ3n) is 2.33. The first kappa shape index (κ1) is 16.2. The van der Waals surface area contributed by atoms with Crippen LogP contribution < -0.4 is 16.4 Å². The molecule has 20 heavy (non-hydrogen) atoms. The lowest BCUT2D eigenvalue weighted by molar-refractivity contribution is -0.142. The molecule has 8 heteroatoms. The topological polar surface area (TPSA) is 84.2 Å². The van der Waals surface area contributed by atoms with Crippen molar-refractivity contribution in [1.82, 2.24) is 10.6 Å². The van der Waals surface area contributed by atoms with Crippen LogP contribution in [0, 0.1) is 0 Å². The lowest BCUT2D eigenvalue weighted by Gasteiger charge is -2.11. The van der Waals surface area contributed by atoms with E-state index >= 15 is 0 Å². The molecule has 0 aromatic heterocycles. The molecule has 0 unspecified atom stereocenters. The summed E-state index contributed by atoms with van der Waals surface area (Å²) >= 11 is 5.83. The minimum Gasteiger partial charge on any atom is -0.399 e. The van der Waals surface area contributed by atoms with Crippen molar-refractivity contribution in [3.63, 3.8) is 0 Å². The maximum absolute atomic E-state index is 12.5. The average Bonchev–Trinajstić information content (AvgIpc) is 2.35. The van der Waals surface area contributed by atoms with Crippen LogP contribution in [-0.4, -0.2) is 30.8 Å². The zero-order valence-electron chi connectivity index (χ0n) is 10.7. The van der Waals surface area contributed by atoms with Crippen molar-refractivity contribution < 1.29 is 18.4 Å². The molecule has 0 bridgehead atoms. The number of halogens is 3. The van der Waals surface area contributed by atoms with Crippen LogP contribution in [0.4, 0.5) is 14.5 Å². The Bertz CT molecular complexity index is 518. The summed E-state index contributed by atoms with van der Waals surface area (Å²) in [4.78, 5) is 22.6. The molecule has 2 amide bonds. The highest BCUT2D eigenvalue weighted by Crippen LogP contribution is 2.18. The highest BCUT2D eigenvalue weighted by Gasteiger charge is 2.31. The summed E-state index contributed by atoms with van der Waals surface area (Å²) in [5.41, 5.74) is 6.08. The number of hydrogen-bond acceptors (Lipinski definition) is 3. The Morgan fingerprint density at radius 2 is 1.90 bits per heavy atom. The number of nitrogen functional groups attached to an aromatic ring is 1. The number of rotatable bonds is 5. The van der Waals surface area contributed by atoms with Gasteiger partial charge in [0.05, 0.1) is 10.6 Å². The van der Waals surface area contributed by atoms with Crippen molar-refractivity contribution in [1.29, 1.82) is 0 Å². The second-order valence-electron chi connectivity index (χ2n) is 4.14. The Morgan fingerprint density at radius 1 is 1.30 bits per heavy atom. The molecule has 1 aromatic carbocycles. The van der Waals surface area contributed by atoms with Crippen LogP contribution in [-0.2, 0) is 4.79 Å². The van der Waals surface area contributed by atoms with E-state index in [-0.39, 0.29) is 23.7 Å². The van der Waals surface area contributed by atoms with Crippen molar-refractivity contribution in [3.8, 4) is 0 Å². The normalized spacial score (nSPS) is 11.0. The number of nitrogens with one attached hydrogen (secondary N) is 2. The molecule has 110 valence electrons.